The molecule has 0 radical (unpaired) electrons. The van der Waals surface area contributed by atoms with E-state index in [9.17, 15) is 8.78 Å². The molecule has 1 aromatic rings. The fraction of sp³-hybridized carbons (Fsp3) is 0.462. The van der Waals surface area contributed by atoms with Gasteiger partial charge in [0, 0.05) is 25.3 Å². The van der Waals surface area contributed by atoms with E-state index < -0.39 is 11.6 Å². The lowest BCUT2D eigenvalue weighted by Gasteiger charge is -2.30. The molecule has 0 aliphatic carbocycles. The normalized spacial score (nSPS) is 12.3. The van der Waals surface area contributed by atoms with Crippen LogP contribution in [0.1, 0.15) is 19.4 Å². The highest BCUT2D eigenvalue weighted by Crippen LogP contribution is 2.26. The number of methoxy groups -OCH3 is 1. The van der Waals surface area contributed by atoms with Gasteiger partial charge in [-0.05, 0) is 26.0 Å². The lowest BCUT2D eigenvalue weighted by molar-refractivity contribution is 0.181. The molecule has 4 nitrogen and oxygen atoms in total. The highest BCUT2D eigenvalue weighted by Gasteiger charge is 2.21. The molecule has 0 amide bonds. The maximum absolute atomic E-state index is 14.0. The van der Waals surface area contributed by atoms with Crippen molar-refractivity contribution in [2.75, 3.05) is 25.2 Å². The molecule has 0 aliphatic heterocycles. The zero-order valence-electron chi connectivity index (χ0n) is 11.3. The second-order valence-corrected chi connectivity index (χ2v) is 4.29. The molecule has 0 saturated heterocycles. The summed E-state index contributed by atoms with van der Waals surface area (Å²) in [5.41, 5.74) is 5.16. The number of ether oxygens (including phenoxy) is 1. The van der Waals surface area contributed by atoms with Crippen LogP contribution in [-0.4, -0.2) is 32.1 Å². The van der Waals surface area contributed by atoms with E-state index in [4.69, 9.17) is 15.9 Å². The summed E-state index contributed by atoms with van der Waals surface area (Å²) in [6.45, 7) is 4.44. The first-order chi connectivity index (χ1) is 8.92. The Hall–Kier alpha value is -1.69. The monoisotopic (exact) mass is 271 g/mol. The van der Waals surface area contributed by atoms with Crippen LogP contribution < -0.4 is 10.6 Å². The minimum Gasteiger partial charge on any atom is -0.384 e. The number of halogens is 2. The molecule has 6 heteroatoms. The first kappa shape index (κ1) is 15.4. The number of anilines is 1. The minimum absolute atomic E-state index is 0.0363. The summed E-state index contributed by atoms with van der Waals surface area (Å²) in [4.78, 5) is 1.58. The SMILES string of the molecule is CCN(c1c(F)cc(C(=N)N)cc1F)C(C)COC. The van der Waals surface area contributed by atoms with E-state index in [1.54, 1.807) is 4.90 Å². The van der Waals surface area contributed by atoms with Gasteiger partial charge in [-0.2, -0.15) is 0 Å². The highest BCUT2D eigenvalue weighted by atomic mass is 19.1. The number of likely N-dealkylation sites (N-methyl/N-ethyl adjacent to an activating group) is 1. The Bertz CT molecular complexity index is 442. The molecule has 106 valence electrons. The Balaban J connectivity index is 3.21. The van der Waals surface area contributed by atoms with E-state index in [0.29, 0.717) is 13.2 Å². The molecule has 0 heterocycles. The number of amidine groups is 1. The Morgan fingerprint density at radius 1 is 1.42 bits per heavy atom. The number of hydrogen-bond donors (Lipinski definition) is 2. The largest absolute Gasteiger partial charge is 0.384 e. The Kier molecular flexibility index (Phi) is 5.23. The van der Waals surface area contributed by atoms with Crippen molar-refractivity contribution in [3.8, 4) is 0 Å². The Morgan fingerprint density at radius 3 is 2.32 bits per heavy atom. The van der Waals surface area contributed by atoms with E-state index in [-0.39, 0.29) is 23.1 Å². The van der Waals surface area contributed by atoms with Crippen molar-refractivity contribution in [2.24, 2.45) is 5.73 Å². The van der Waals surface area contributed by atoms with Gasteiger partial charge in [0.2, 0.25) is 0 Å². The molecule has 0 aromatic heterocycles. The van der Waals surface area contributed by atoms with Crippen LogP contribution in [0.15, 0.2) is 12.1 Å². The van der Waals surface area contributed by atoms with Crippen molar-refractivity contribution in [3.63, 3.8) is 0 Å². The minimum atomic E-state index is -0.727. The highest BCUT2D eigenvalue weighted by molar-refractivity contribution is 5.95. The quantitative estimate of drug-likeness (QED) is 0.615. The van der Waals surface area contributed by atoms with Gasteiger partial charge in [0.05, 0.1) is 6.61 Å². The van der Waals surface area contributed by atoms with Crippen LogP contribution in [0, 0.1) is 17.0 Å². The van der Waals surface area contributed by atoms with Crippen molar-refractivity contribution >= 4 is 11.5 Å². The van der Waals surface area contributed by atoms with Crippen LogP contribution >= 0.6 is 0 Å². The van der Waals surface area contributed by atoms with Crippen LogP contribution in [0.2, 0.25) is 0 Å². The van der Waals surface area contributed by atoms with E-state index in [2.05, 4.69) is 0 Å². The van der Waals surface area contributed by atoms with Gasteiger partial charge in [-0.1, -0.05) is 0 Å². The molecular formula is C13H19F2N3O. The number of nitrogen functional groups attached to an aromatic ring is 1. The average Bonchev–Trinajstić information content (AvgIpc) is 2.33. The van der Waals surface area contributed by atoms with Crippen LogP contribution in [0.3, 0.4) is 0 Å². The van der Waals surface area contributed by atoms with E-state index in [1.807, 2.05) is 13.8 Å². The number of nitrogens with one attached hydrogen (secondary N) is 1. The fourth-order valence-electron chi connectivity index (χ4n) is 2.02. The molecule has 0 fully saturated rings. The van der Waals surface area contributed by atoms with Crippen LogP contribution in [0.4, 0.5) is 14.5 Å². The number of nitrogens with zero attached hydrogens (tertiary/aromatic N) is 1. The van der Waals surface area contributed by atoms with Gasteiger partial charge >= 0.3 is 0 Å². The maximum Gasteiger partial charge on any atom is 0.150 e. The van der Waals surface area contributed by atoms with E-state index >= 15 is 0 Å². The van der Waals surface area contributed by atoms with Gasteiger partial charge in [-0.15, -0.1) is 0 Å². The number of hydrogen-bond acceptors (Lipinski definition) is 3. The van der Waals surface area contributed by atoms with Gasteiger partial charge in [0.25, 0.3) is 0 Å². The van der Waals surface area contributed by atoms with Crippen molar-refractivity contribution < 1.29 is 13.5 Å². The molecule has 1 unspecified atom stereocenters. The second kappa shape index (κ2) is 6.47. The number of nitrogens with two attached hydrogens (primary N) is 1. The predicted octanol–water partition coefficient (Wildman–Crippen LogP) is 2.11. The summed E-state index contributed by atoms with van der Waals surface area (Å²) in [5.74, 6) is -1.82. The molecule has 1 rings (SSSR count). The topological polar surface area (TPSA) is 62.3 Å². The molecule has 0 aliphatic rings. The second-order valence-electron chi connectivity index (χ2n) is 4.29. The molecule has 3 N–H and O–H groups in total. The predicted molar refractivity (Wildman–Crippen MR) is 71.7 cm³/mol. The third kappa shape index (κ3) is 3.41. The maximum atomic E-state index is 14.0. The summed E-state index contributed by atoms with van der Waals surface area (Å²) >= 11 is 0. The van der Waals surface area contributed by atoms with E-state index in [1.165, 1.54) is 7.11 Å². The first-order valence-corrected chi connectivity index (χ1v) is 6.01. The van der Waals surface area contributed by atoms with Gasteiger partial charge in [-0.25, -0.2) is 8.78 Å². The Labute approximate surface area is 111 Å². The summed E-state index contributed by atoms with van der Waals surface area (Å²) in [5, 5.41) is 7.21. The van der Waals surface area contributed by atoms with Gasteiger partial charge < -0.3 is 15.4 Å². The Morgan fingerprint density at radius 2 is 1.95 bits per heavy atom. The van der Waals surface area contributed by atoms with Gasteiger partial charge in [0.1, 0.15) is 23.2 Å². The smallest absolute Gasteiger partial charge is 0.150 e. The molecule has 1 aromatic carbocycles. The van der Waals surface area contributed by atoms with Crippen molar-refractivity contribution in [3.05, 3.63) is 29.3 Å². The molecule has 0 bridgehead atoms. The van der Waals surface area contributed by atoms with Crippen LogP contribution in [0.5, 0.6) is 0 Å². The molecule has 19 heavy (non-hydrogen) atoms. The molecular weight excluding hydrogens is 252 g/mol. The summed E-state index contributed by atoms with van der Waals surface area (Å²) in [6.07, 6.45) is 0. The first-order valence-electron chi connectivity index (χ1n) is 6.01. The standard InChI is InChI=1S/C13H19F2N3O/c1-4-18(8(2)7-19-3)12-10(14)5-9(13(16)17)6-11(12)15/h5-6,8H,4,7H2,1-3H3,(H3,16,17). The van der Waals surface area contributed by atoms with Gasteiger partial charge in [0.15, 0.2) is 0 Å². The van der Waals surface area contributed by atoms with Crippen LogP contribution in [-0.2, 0) is 4.74 Å². The van der Waals surface area contributed by atoms with Crippen molar-refractivity contribution in [2.45, 2.75) is 19.9 Å². The molecule has 1 atom stereocenters. The zero-order chi connectivity index (χ0) is 14.6. The number of benzene rings is 1. The third-order valence-corrected chi connectivity index (χ3v) is 2.90. The summed E-state index contributed by atoms with van der Waals surface area (Å²) in [7, 11) is 1.54. The number of rotatable bonds is 6. The molecule has 0 saturated carbocycles. The van der Waals surface area contributed by atoms with Gasteiger partial charge in [-0.3, -0.25) is 5.41 Å². The zero-order valence-corrected chi connectivity index (χ0v) is 11.3. The lowest BCUT2D eigenvalue weighted by atomic mass is 10.1. The lowest BCUT2D eigenvalue weighted by Crippen LogP contribution is -2.37. The third-order valence-electron chi connectivity index (χ3n) is 2.90. The van der Waals surface area contributed by atoms with E-state index in [0.717, 1.165) is 12.1 Å². The average molecular weight is 271 g/mol. The van der Waals surface area contributed by atoms with Crippen molar-refractivity contribution in [1.29, 1.82) is 5.41 Å². The fourth-order valence-corrected chi connectivity index (χ4v) is 2.02. The van der Waals surface area contributed by atoms with Crippen molar-refractivity contribution in [1.82, 2.24) is 0 Å². The molecule has 0 spiro atoms. The summed E-state index contributed by atoms with van der Waals surface area (Å²) < 4.78 is 33.1. The van der Waals surface area contributed by atoms with Crippen LogP contribution in [0.25, 0.3) is 0 Å². The summed E-state index contributed by atoms with van der Waals surface area (Å²) in [6, 6.07) is 1.98.